The number of benzene rings is 1. The predicted molar refractivity (Wildman–Crippen MR) is 87.4 cm³/mol. The van der Waals surface area contributed by atoms with Gasteiger partial charge < -0.3 is 5.32 Å². The SMILES string of the molecule is CCNC(c1ccc(Cl)cc1)C(C)(C)N1CCCCC1. The highest BCUT2D eigenvalue weighted by Crippen LogP contribution is 2.33. The van der Waals surface area contributed by atoms with Gasteiger partial charge in [-0.3, -0.25) is 4.90 Å². The van der Waals surface area contributed by atoms with E-state index in [2.05, 4.69) is 43.1 Å². The topological polar surface area (TPSA) is 15.3 Å². The van der Waals surface area contributed by atoms with Gasteiger partial charge >= 0.3 is 0 Å². The first-order chi connectivity index (χ1) is 9.55. The molecule has 2 nitrogen and oxygen atoms in total. The van der Waals surface area contributed by atoms with E-state index in [1.54, 1.807) is 0 Å². The summed E-state index contributed by atoms with van der Waals surface area (Å²) < 4.78 is 0. The zero-order valence-electron chi connectivity index (χ0n) is 13.0. The van der Waals surface area contributed by atoms with Crippen molar-refractivity contribution in [3.8, 4) is 0 Å². The molecule has 0 radical (unpaired) electrons. The van der Waals surface area contributed by atoms with Crippen LogP contribution in [0.4, 0.5) is 0 Å². The average molecular weight is 295 g/mol. The number of likely N-dealkylation sites (tertiary alicyclic amines) is 1. The van der Waals surface area contributed by atoms with E-state index in [-0.39, 0.29) is 5.54 Å². The maximum absolute atomic E-state index is 6.03. The minimum atomic E-state index is 0.115. The summed E-state index contributed by atoms with van der Waals surface area (Å²) in [7, 11) is 0. The van der Waals surface area contributed by atoms with Crippen LogP contribution >= 0.6 is 11.6 Å². The Labute approximate surface area is 128 Å². The van der Waals surface area contributed by atoms with Crippen LogP contribution in [0.3, 0.4) is 0 Å². The third-order valence-electron chi connectivity index (χ3n) is 4.49. The van der Waals surface area contributed by atoms with Gasteiger partial charge in [0.1, 0.15) is 0 Å². The van der Waals surface area contributed by atoms with Crippen molar-refractivity contribution in [3.63, 3.8) is 0 Å². The molecule has 1 aliphatic rings. The Morgan fingerprint density at radius 3 is 2.30 bits per heavy atom. The summed E-state index contributed by atoms with van der Waals surface area (Å²) in [5.41, 5.74) is 1.44. The van der Waals surface area contributed by atoms with E-state index in [9.17, 15) is 0 Å². The molecular formula is C17H27ClN2. The third-order valence-corrected chi connectivity index (χ3v) is 4.74. The van der Waals surface area contributed by atoms with E-state index < -0.39 is 0 Å². The Morgan fingerprint density at radius 2 is 1.75 bits per heavy atom. The summed E-state index contributed by atoms with van der Waals surface area (Å²) >= 11 is 6.03. The molecule has 112 valence electrons. The number of piperidine rings is 1. The number of halogens is 1. The van der Waals surface area contributed by atoms with Crippen LogP contribution in [0.15, 0.2) is 24.3 Å². The molecule has 3 heteroatoms. The van der Waals surface area contributed by atoms with Gasteiger partial charge in [-0.2, -0.15) is 0 Å². The Balaban J connectivity index is 2.23. The Kier molecular flexibility index (Phi) is 5.48. The van der Waals surface area contributed by atoms with Crippen molar-refractivity contribution in [3.05, 3.63) is 34.9 Å². The summed E-state index contributed by atoms with van der Waals surface area (Å²) in [6.45, 7) is 10.3. The first-order valence-electron chi connectivity index (χ1n) is 7.79. The van der Waals surface area contributed by atoms with Gasteiger partial charge in [0.05, 0.1) is 6.04 Å². The predicted octanol–water partition coefficient (Wildman–Crippen LogP) is 4.26. The molecule has 2 rings (SSSR count). The molecule has 1 fully saturated rings. The van der Waals surface area contributed by atoms with Crippen LogP contribution in [-0.4, -0.2) is 30.1 Å². The van der Waals surface area contributed by atoms with Crippen LogP contribution in [-0.2, 0) is 0 Å². The number of hydrogen-bond acceptors (Lipinski definition) is 2. The minimum Gasteiger partial charge on any atom is -0.309 e. The molecule has 0 spiro atoms. The zero-order valence-corrected chi connectivity index (χ0v) is 13.7. The van der Waals surface area contributed by atoms with Gasteiger partial charge in [0.15, 0.2) is 0 Å². The molecule has 1 N–H and O–H groups in total. The maximum atomic E-state index is 6.03. The van der Waals surface area contributed by atoms with Crippen LogP contribution in [0.5, 0.6) is 0 Å². The third kappa shape index (κ3) is 3.55. The van der Waals surface area contributed by atoms with Crippen molar-refractivity contribution < 1.29 is 0 Å². The second-order valence-corrected chi connectivity index (χ2v) is 6.68. The number of nitrogens with zero attached hydrogens (tertiary/aromatic N) is 1. The summed E-state index contributed by atoms with van der Waals surface area (Å²) in [6.07, 6.45) is 4.02. The number of nitrogens with one attached hydrogen (secondary N) is 1. The molecule has 1 heterocycles. The van der Waals surface area contributed by atoms with E-state index in [1.807, 2.05) is 12.1 Å². The molecule has 20 heavy (non-hydrogen) atoms. The van der Waals surface area contributed by atoms with Gasteiger partial charge in [-0.15, -0.1) is 0 Å². The van der Waals surface area contributed by atoms with E-state index in [4.69, 9.17) is 11.6 Å². The lowest BCUT2D eigenvalue weighted by Crippen LogP contribution is -2.54. The van der Waals surface area contributed by atoms with Crippen LogP contribution in [0.1, 0.15) is 51.6 Å². The normalized spacial score (nSPS) is 19.0. The fraction of sp³-hybridized carbons (Fsp3) is 0.647. The van der Waals surface area contributed by atoms with Crippen LogP contribution in [0, 0.1) is 0 Å². The second kappa shape index (κ2) is 6.93. The Morgan fingerprint density at radius 1 is 1.15 bits per heavy atom. The molecule has 0 aliphatic carbocycles. The second-order valence-electron chi connectivity index (χ2n) is 6.24. The molecule has 1 aromatic carbocycles. The van der Waals surface area contributed by atoms with Gasteiger partial charge in [0, 0.05) is 10.6 Å². The number of rotatable bonds is 5. The summed E-state index contributed by atoms with van der Waals surface area (Å²) in [5.74, 6) is 0. The molecular weight excluding hydrogens is 268 g/mol. The highest BCUT2D eigenvalue weighted by atomic mass is 35.5. The van der Waals surface area contributed by atoms with Gasteiger partial charge in [-0.25, -0.2) is 0 Å². The first kappa shape index (κ1) is 15.8. The standard InChI is InChI=1S/C17H27ClN2/c1-4-19-16(14-8-10-15(18)11-9-14)17(2,3)20-12-6-5-7-13-20/h8-11,16,19H,4-7,12-13H2,1-3H3. The number of likely N-dealkylation sites (N-methyl/N-ethyl adjacent to an activating group) is 1. The molecule has 1 aliphatic heterocycles. The van der Waals surface area contributed by atoms with Crippen LogP contribution < -0.4 is 5.32 Å². The monoisotopic (exact) mass is 294 g/mol. The zero-order chi connectivity index (χ0) is 14.6. The largest absolute Gasteiger partial charge is 0.309 e. The van der Waals surface area contributed by atoms with Crippen molar-refractivity contribution in [1.82, 2.24) is 10.2 Å². The lowest BCUT2D eigenvalue weighted by atomic mass is 9.85. The van der Waals surface area contributed by atoms with Crippen LogP contribution in [0.25, 0.3) is 0 Å². The van der Waals surface area contributed by atoms with E-state index >= 15 is 0 Å². The van der Waals surface area contributed by atoms with Crippen molar-refractivity contribution >= 4 is 11.6 Å². The van der Waals surface area contributed by atoms with Crippen molar-refractivity contribution in [2.45, 2.75) is 51.6 Å². The molecule has 0 saturated carbocycles. The lowest BCUT2D eigenvalue weighted by Gasteiger charge is -2.46. The quantitative estimate of drug-likeness (QED) is 0.873. The molecule has 0 aromatic heterocycles. The van der Waals surface area contributed by atoms with Gasteiger partial charge in [-0.05, 0) is 64.0 Å². The van der Waals surface area contributed by atoms with E-state index in [0.717, 1.165) is 11.6 Å². The Hall–Kier alpha value is -0.570. The summed E-state index contributed by atoms with van der Waals surface area (Å²) in [5, 5.41) is 4.48. The molecule has 1 aromatic rings. The summed E-state index contributed by atoms with van der Waals surface area (Å²) in [6, 6.07) is 8.63. The van der Waals surface area contributed by atoms with Gasteiger partial charge in [-0.1, -0.05) is 37.1 Å². The fourth-order valence-corrected chi connectivity index (χ4v) is 3.41. The molecule has 1 atom stereocenters. The lowest BCUT2D eigenvalue weighted by molar-refractivity contribution is 0.0613. The number of hydrogen-bond donors (Lipinski definition) is 1. The van der Waals surface area contributed by atoms with Gasteiger partial charge in [0.2, 0.25) is 0 Å². The first-order valence-corrected chi connectivity index (χ1v) is 8.17. The van der Waals surface area contributed by atoms with E-state index in [1.165, 1.54) is 37.9 Å². The van der Waals surface area contributed by atoms with Crippen molar-refractivity contribution in [1.29, 1.82) is 0 Å². The molecule has 1 unspecified atom stereocenters. The smallest absolute Gasteiger partial charge is 0.0501 e. The molecule has 1 saturated heterocycles. The highest BCUT2D eigenvalue weighted by Gasteiger charge is 2.36. The van der Waals surface area contributed by atoms with Crippen molar-refractivity contribution in [2.75, 3.05) is 19.6 Å². The van der Waals surface area contributed by atoms with Crippen LogP contribution in [0.2, 0.25) is 5.02 Å². The van der Waals surface area contributed by atoms with E-state index in [0.29, 0.717) is 6.04 Å². The minimum absolute atomic E-state index is 0.115. The fourth-order valence-electron chi connectivity index (χ4n) is 3.29. The molecule has 0 bridgehead atoms. The Bertz CT molecular complexity index is 408. The maximum Gasteiger partial charge on any atom is 0.0501 e. The average Bonchev–Trinajstić information content (AvgIpc) is 2.47. The van der Waals surface area contributed by atoms with Crippen molar-refractivity contribution in [2.24, 2.45) is 0 Å². The summed E-state index contributed by atoms with van der Waals surface area (Å²) in [4.78, 5) is 2.64. The highest BCUT2D eigenvalue weighted by molar-refractivity contribution is 6.30. The van der Waals surface area contributed by atoms with Gasteiger partial charge in [0.25, 0.3) is 0 Å². The molecule has 0 amide bonds.